The first kappa shape index (κ1) is 17.4. The zero-order chi connectivity index (χ0) is 15.3. The molecule has 0 atom stereocenters. The molecule has 0 spiro atoms. The van der Waals surface area contributed by atoms with Gasteiger partial charge in [0.05, 0.1) is 0 Å². The van der Waals surface area contributed by atoms with Gasteiger partial charge >= 0.3 is 6.18 Å². The lowest BCUT2D eigenvalue weighted by molar-refractivity contribution is -0.138. The van der Waals surface area contributed by atoms with Gasteiger partial charge in [-0.3, -0.25) is 0 Å². The molecule has 0 unspecified atom stereocenters. The van der Waals surface area contributed by atoms with Crippen molar-refractivity contribution in [3.63, 3.8) is 0 Å². The molecule has 2 fully saturated rings. The van der Waals surface area contributed by atoms with E-state index in [1.165, 1.54) is 50.2 Å². The minimum Gasteiger partial charge on any atom is -0.171 e. The molecule has 0 aromatic carbocycles. The van der Waals surface area contributed by atoms with Gasteiger partial charge in [-0.1, -0.05) is 57.2 Å². The van der Waals surface area contributed by atoms with Crippen molar-refractivity contribution in [1.82, 2.24) is 0 Å². The van der Waals surface area contributed by atoms with Crippen LogP contribution in [0.4, 0.5) is 13.2 Å². The van der Waals surface area contributed by atoms with Crippen LogP contribution in [0.15, 0.2) is 0 Å². The lowest BCUT2D eigenvalue weighted by Gasteiger charge is -2.37. The highest BCUT2D eigenvalue weighted by Crippen LogP contribution is 2.42. The molecule has 1 heterocycles. The molecular formula is C17H31F3Si. The van der Waals surface area contributed by atoms with E-state index >= 15 is 0 Å². The van der Waals surface area contributed by atoms with Crippen molar-refractivity contribution in [2.45, 2.75) is 89.0 Å². The molecule has 1 aliphatic carbocycles. The number of hydrogen-bond acceptors (Lipinski definition) is 0. The van der Waals surface area contributed by atoms with E-state index in [1.54, 1.807) is 0 Å². The van der Waals surface area contributed by atoms with E-state index in [0.717, 1.165) is 24.7 Å². The first-order valence-electron chi connectivity index (χ1n) is 9.04. The number of hydrogen-bond donors (Lipinski definition) is 0. The Kier molecular flexibility index (Phi) is 6.64. The van der Waals surface area contributed by atoms with Crippen molar-refractivity contribution < 1.29 is 13.2 Å². The smallest absolute Gasteiger partial charge is 0.171 e. The van der Waals surface area contributed by atoms with Gasteiger partial charge in [0.15, 0.2) is 0 Å². The molecule has 0 aromatic heterocycles. The second kappa shape index (κ2) is 8.03. The number of halogens is 3. The van der Waals surface area contributed by atoms with Gasteiger partial charge in [0.2, 0.25) is 0 Å². The largest absolute Gasteiger partial charge is 0.389 e. The summed E-state index contributed by atoms with van der Waals surface area (Å²) in [6.07, 6.45) is 4.58. The Morgan fingerprint density at radius 1 is 0.905 bits per heavy atom. The highest BCUT2D eigenvalue weighted by molar-refractivity contribution is 6.58. The minimum absolute atomic E-state index is 0.341. The van der Waals surface area contributed by atoms with E-state index in [2.05, 4.69) is 6.92 Å². The SMILES string of the molecule is CCC[SiH]1CCC(C2CCC(CCC(F)(F)F)CC2)CC1. The van der Waals surface area contributed by atoms with Crippen LogP contribution in [-0.4, -0.2) is 15.0 Å². The van der Waals surface area contributed by atoms with Gasteiger partial charge in [-0.2, -0.15) is 13.2 Å². The summed E-state index contributed by atoms with van der Waals surface area (Å²) in [5, 5.41) is 0. The van der Waals surface area contributed by atoms with Crippen LogP contribution in [0.1, 0.15) is 64.7 Å². The predicted molar refractivity (Wildman–Crippen MR) is 85.3 cm³/mol. The van der Waals surface area contributed by atoms with Crippen molar-refractivity contribution in [2.75, 3.05) is 0 Å². The third kappa shape index (κ3) is 5.95. The Bertz CT molecular complexity index is 287. The maximum Gasteiger partial charge on any atom is 0.389 e. The lowest BCUT2D eigenvalue weighted by Crippen LogP contribution is -2.28. The van der Waals surface area contributed by atoms with Crippen LogP contribution in [0, 0.1) is 17.8 Å². The highest BCUT2D eigenvalue weighted by Gasteiger charge is 2.33. The van der Waals surface area contributed by atoms with Gasteiger partial charge in [0, 0.05) is 15.2 Å². The van der Waals surface area contributed by atoms with Crippen LogP contribution in [0.5, 0.6) is 0 Å². The Labute approximate surface area is 129 Å². The molecule has 2 aliphatic rings. The fourth-order valence-electron chi connectivity index (χ4n) is 4.67. The second-order valence-electron chi connectivity index (χ2n) is 7.50. The van der Waals surface area contributed by atoms with Gasteiger partial charge in [0.1, 0.15) is 0 Å². The van der Waals surface area contributed by atoms with Gasteiger partial charge in [0.25, 0.3) is 0 Å². The van der Waals surface area contributed by atoms with Crippen LogP contribution in [0.25, 0.3) is 0 Å². The molecule has 21 heavy (non-hydrogen) atoms. The standard InChI is InChI=1S/C17H31F3Si/c1-2-11-21-12-8-16(9-13-21)15-5-3-14(4-6-15)7-10-17(18,19)20/h14-16,21H,2-13H2,1H3. The van der Waals surface area contributed by atoms with Crippen molar-refractivity contribution in [3.05, 3.63) is 0 Å². The molecule has 1 saturated carbocycles. The molecule has 1 saturated heterocycles. The van der Waals surface area contributed by atoms with E-state index in [9.17, 15) is 13.2 Å². The minimum atomic E-state index is -3.96. The summed E-state index contributed by atoms with van der Waals surface area (Å²) in [6, 6.07) is 4.59. The van der Waals surface area contributed by atoms with Crippen molar-refractivity contribution in [3.8, 4) is 0 Å². The molecule has 0 nitrogen and oxygen atoms in total. The summed E-state index contributed by atoms with van der Waals surface area (Å²) >= 11 is 0. The Balaban J connectivity index is 1.65. The molecule has 1 aliphatic heterocycles. The normalized spacial score (nSPS) is 34.9. The average Bonchev–Trinajstić information content (AvgIpc) is 2.46. The Morgan fingerprint density at radius 3 is 2.00 bits per heavy atom. The van der Waals surface area contributed by atoms with Gasteiger partial charge in [-0.15, -0.1) is 0 Å². The average molecular weight is 321 g/mol. The van der Waals surface area contributed by atoms with Crippen molar-refractivity contribution >= 4 is 8.80 Å². The van der Waals surface area contributed by atoms with E-state index < -0.39 is 12.6 Å². The van der Waals surface area contributed by atoms with Crippen LogP contribution in [0.3, 0.4) is 0 Å². The summed E-state index contributed by atoms with van der Waals surface area (Å²) in [5.74, 6) is 2.09. The Morgan fingerprint density at radius 2 is 1.48 bits per heavy atom. The van der Waals surface area contributed by atoms with Crippen molar-refractivity contribution in [2.24, 2.45) is 17.8 Å². The third-order valence-corrected chi connectivity index (χ3v) is 9.68. The lowest BCUT2D eigenvalue weighted by atomic mass is 9.73. The Hall–Kier alpha value is 0.00688. The summed E-state index contributed by atoms with van der Waals surface area (Å²) < 4.78 is 36.8. The molecule has 0 N–H and O–H groups in total. The van der Waals surface area contributed by atoms with Crippen LogP contribution in [0.2, 0.25) is 18.1 Å². The van der Waals surface area contributed by atoms with E-state index in [-0.39, 0.29) is 8.80 Å². The zero-order valence-corrected chi connectivity index (χ0v) is 14.6. The zero-order valence-electron chi connectivity index (χ0n) is 13.4. The van der Waals surface area contributed by atoms with Crippen molar-refractivity contribution in [1.29, 1.82) is 0 Å². The summed E-state index contributed by atoms with van der Waals surface area (Å²) in [6.45, 7) is 2.31. The maximum atomic E-state index is 12.3. The van der Waals surface area contributed by atoms with E-state index in [0.29, 0.717) is 12.3 Å². The predicted octanol–water partition coefficient (Wildman–Crippen LogP) is 6.18. The van der Waals surface area contributed by atoms with Crippen LogP contribution < -0.4 is 0 Å². The molecule has 0 aromatic rings. The summed E-state index contributed by atoms with van der Waals surface area (Å²) in [4.78, 5) is 0. The molecular weight excluding hydrogens is 289 g/mol. The third-order valence-electron chi connectivity index (χ3n) is 5.98. The monoisotopic (exact) mass is 320 g/mol. The topological polar surface area (TPSA) is 0 Å². The quantitative estimate of drug-likeness (QED) is 0.530. The fraction of sp³-hybridized carbons (Fsp3) is 1.00. The molecule has 2 rings (SSSR count). The molecule has 0 amide bonds. The molecule has 124 valence electrons. The molecule has 0 bridgehead atoms. The summed E-state index contributed by atoms with van der Waals surface area (Å²) in [7, 11) is -0.387. The van der Waals surface area contributed by atoms with Gasteiger partial charge in [-0.25, -0.2) is 0 Å². The first-order chi connectivity index (χ1) is 9.98. The van der Waals surface area contributed by atoms with Crippen LogP contribution in [-0.2, 0) is 0 Å². The van der Waals surface area contributed by atoms with Gasteiger partial charge in [-0.05, 0) is 37.0 Å². The summed E-state index contributed by atoms with van der Waals surface area (Å²) in [5.41, 5.74) is 0. The van der Waals surface area contributed by atoms with Crippen LogP contribution >= 0.6 is 0 Å². The molecule has 4 heteroatoms. The second-order valence-corrected chi connectivity index (χ2v) is 11.0. The maximum absolute atomic E-state index is 12.3. The molecule has 0 radical (unpaired) electrons. The van der Waals surface area contributed by atoms with Gasteiger partial charge < -0.3 is 0 Å². The van der Waals surface area contributed by atoms with E-state index in [4.69, 9.17) is 0 Å². The van der Waals surface area contributed by atoms with E-state index in [1.807, 2.05) is 0 Å². The fourth-order valence-corrected chi connectivity index (χ4v) is 8.15. The highest BCUT2D eigenvalue weighted by atomic mass is 28.3. The first-order valence-corrected chi connectivity index (χ1v) is 11.5. The number of alkyl halides is 3. The number of rotatable bonds is 5.